The van der Waals surface area contributed by atoms with Gasteiger partial charge < -0.3 is 9.80 Å². The summed E-state index contributed by atoms with van der Waals surface area (Å²) >= 11 is 0. The molecule has 0 aromatic carbocycles. The third-order valence-electron chi connectivity index (χ3n) is 6.93. The van der Waals surface area contributed by atoms with Gasteiger partial charge in [-0.15, -0.1) is 0 Å². The van der Waals surface area contributed by atoms with Crippen LogP contribution in [0.3, 0.4) is 0 Å². The molecule has 0 saturated carbocycles. The van der Waals surface area contributed by atoms with Crippen LogP contribution >= 0.6 is 0 Å². The Hall–Kier alpha value is -0.340. The predicted octanol–water partition coefficient (Wildman–Crippen LogP) is 9.64. The number of rotatable bonds is 27. The van der Waals surface area contributed by atoms with E-state index < -0.39 is 0 Å². The molecule has 0 heterocycles. The maximum absolute atomic E-state index is 2.74. The van der Waals surface area contributed by atoms with Gasteiger partial charge in [0.2, 0.25) is 0 Å². The second-order valence-corrected chi connectivity index (χ2v) is 10.7. The number of hydrogen-bond donors (Lipinski definition) is 0. The van der Waals surface area contributed by atoms with Crippen molar-refractivity contribution in [1.29, 1.82) is 0 Å². The number of hydrogen-bond acceptors (Lipinski definition) is 2. The smallest absolute Gasteiger partial charge is 0.0109 e. The van der Waals surface area contributed by atoms with Crippen molar-refractivity contribution < 1.29 is 0 Å². The minimum Gasteiger partial charge on any atom is -0.308 e. The van der Waals surface area contributed by atoms with Crippen LogP contribution < -0.4 is 0 Å². The number of likely N-dealkylation sites (N-methyl/N-ethyl adjacent to an activating group) is 1. The number of nitrogens with zero attached hydrogens (tertiary/aromatic N) is 2. The van der Waals surface area contributed by atoms with Gasteiger partial charge in [-0.2, -0.15) is 0 Å². The maximum atomic E-state index is 2.74. The molecule has 0 aliphatic rings. The van der Waals surface area contributed by atoms with Crippen LogP contribution in [-0.4, -0.2) is 50.1 Å². The molecule has 0 saturated heterocycles. The van der Waals surface area contributed by atoms with Gasteiger partial charge in [0.1, 0.15) is 0 Å². The van der Waals surface area contributed by atoms with Crippen LogP contribution in [0.2, 0.25) is 0 Å². The zero-order valence-corrected chi connectivity index (χ0v) is 23.7. The third kappa shape index (κ3) is 27.8. The molecule has 0 aromatic rings. The number of allylic oxidation sites excluding steroid dienone is 2. The Labute approximate surface area is 211 Å². The Bertz CT molecular complexity index is 377. The lowest BCUT2D eigenvalue weighted by molar-refractivity contribution is 0.231. The highest BCUT2D eigenvalue weighted by Crippen LogP contribution is 2.11. The molecule has 0 atom stereocenters. The molecule has 33 heavy (non-hydrogen) atoms. The van der Waals surface area contributed by atoms with E-state index in [4.69, 9.17) is 0 Å². The van der Waals surface area contributed by atoms with Crippen molar-refractivity contribution in [2.24, 2.45) is 0 Å². The Morgan fingerprint density at radius 3 is 1.15 bits per heavy atom. The molecule has 2 nitrogen and oxygen atoms in total. The SMILES string of the molecule is CCCCCCCC/C=C/CCCCCCCCN(CCCCCCCCC)CCN(C)C. The topological polar surface area (TPSA) is 6.48 Å². The van der Waals surface area contributed by atoms with E-state index in [1.54, 1.807) is 0 Å². The summed E-state index contributed by atoms with van der Waals surface area (Å²) in [5.41, 5.74) is 0. The fourth-order valence-corrected chi connectivity index (χ4v) is 4.55. The largest absolute Gasteiger partial charge is 0.308 e. The summed E-state index contributed by atoms with van der Waals surface area (Å²) in [5.74, 6) is 0. The lowest BCUT2D eigenvalue weighted by Gasteiger charge is -2.24. The highest BCUT2D eigenvalue weighted by molar-refractivity contribution is 4.81. The fourth-order valence-electron chi connectivity index (χ4n) is 4.55. The van der Waals surface area contributed by atoms with Crippen LogP contribution in [0.4, 0.5) is 0 Å². The molecule has 0 fully saturated rings. The molecule has 0 amide bonds. The second kappa shape index (κ2) is 27.9. The van der Waals surface area contributed by atoms with Crippen molar-refractivity contribution >= 4 is 0 Å². The molecular weight excluding hydrogens is 400 g/mol. The van der Waals surface area contributed by atoms with E-state index in [0.29, 0.717) is 0 Å². The van der Waals surface area contributed by atoms with E-state index in [-0.39, 0.29) is 0 Å². The lowest BCUT2D eigenvalue weighted by atomic mass is 10.1. The van der Waals surface area contributed by atoms with Crippen molar-refractivity contribution in [1.82, 2.24) is 9.80 Å². The summed E-state index contributed by atoms with van der Waals surface area (Å²) < 4.78 is 0. The first kappa shape index (κ1) is 32.7. The zero-order chi connectivity index (χ0) is 24.2. The first-order valence-corrected chi connectivity index (χ1v) is 15.2. The molecule has 0 spiro atoms. The molecule has 0 aromatic heterocycles. The Balaban J connectivity index is 3.59. The van der Waals surface area contributed by atoms with Gasteiger partial charge in [-0.25, -0.2) is 0 Å². The summed E-state index contributed by atoms with van der Waals surface area (Å²) in [6.07, 6.45) is 34.4. The molecule has 0 unspecified atom stereocenters. The van der Waals surface area contributed by atoms with Gasteiger partial charge in [-0.1, -0.05) is 122 Å². The molecular formula is C31H64N2. The van der Waals surface area contributed by atoms with E-state index in [1.165, 1.54) is 161 Å². The highest BCUT2D eigenvalue weighted by atomic mass is 15.2. The molecule has 0 N–H and O–H groups in total. The van der Waals surface area contributed by atoms with Crippen LogP contribution in [0.5, 0.6) is 0 Å². The standard InChI is InChI=1S/C31H64N2/c1-5-7-9-11-13-14-15-16-17-18-19-20-21-23-25-27-29-33(31-30-32(3)4)28-26-24-22-12-10-8-6-2/h16-17H,5-15,18-31H2,1-4H3/b17-16+. The van der Waals surface area contributed by atoms with Crippen LogP contribution in [0.1, 0.15) is 149 Å². The van der Waals surface area contributed by atoms with Crippen LogP contribution in [0.25, 0.3) is 0 Å². The summed E-state index contributed by atoms with van der Waals surface area (Å²) in [5, 5.41) is 0. The Kier molecular flexibility index (Phi) is 27.6. The zero-order valence-electron chi connectivity index (χ0n) is 23.7. The molecule has 0 aliphatic carbocycles. The van der Waals surface area contributed by atoms with Gasteiger partial charge >= 0.3 is 0 Å². The van der Waals surface area contributed by atoms with Crippen LogP contribution in [0.15, 0.2) is 12.2 Å². The van der Waals surface area contributed by atoms with E-state index in [2.05, 4.69) is 49.9 Å². The lowest BCUT2D eigenvalue weighted by Crippen LogP contribution is -2.33. The molecule has 0 aliphatic heterocycles. The molecule has 0 rings (SSSR count). The summed E-state index contributed by atoms with van der Waals surface area (Å²) in [6.45, 7) is 9.66. The molecule has 0 radical (unpaired) electrons. The van der Waals surface area contributed by atoms with Crippen molar-refractivity contribution in [3.8, 4) is 0 Å². The number of unbranched alkanes of at least 4 members (excludes halogenated alkanes) is 18. The van der Waals surface area contributed by atoms with Gasteiger partial charge in [0.05, 0.1) is 0 Å². The monoisotopic (exact) mass is 465 g/mol. The predicted molar refractivity (Wildman–Crippen MR) is 152 cm³/mol. The van der Waals surface area contributed by atoms with E-state index in [9.17, 15) is 0 Å². The molecule has 2 heteroatoms. The highest BCUT2D eigenvalue weighted by Gasteiger charge is 2.05. The Morgan fingerprint density at radius 2 is 0.758 bits per heavy atom. The van der Waals surface area contributed by atoms with E-state index >= 15 is 0 Å². The summed E-state index contributed by atoms with van der Waals surface area (Å²) in [6, 6.07) is 0. The third-order valence-corrected chi connectivity index (χ3v) is 6.93. The van der Waals surface area contributed by atoms with Gasteiger partial charge in [0.15, 0.2) is 0 Å². The van der Waals surface area contributed by atoms with Gasteiger partial charge in [0, 0.05) is 13.1 Å². The van der Waals surface area contributed by atoms with Gasteiger partial charge in [-0.3, -0.25) is 0 Å². The first-order valence-electron chi connectivity index (χ1n) is 15.2. The van der Waals surface area contributed by atoms with Crippen LogP contribution in [0, 0.1) is 0 Å². The van der Waals surface area contributed by atoms with Gasteiger partial charge in [-0.05, 0) is 65.7 Å². The summed E-state index contributed by atoms with van der Waals surface area (Å²) in [7, 11) is 4.41. The van der Waals surface area contributed by atoms with Crippen molar-refractivity contribution in [2.45, 2.75) is 149 Å². The van der Waals surface area contributed by atoms with E-state index in [1.807, 2.05) is 0 Å². The summed E-state index contributed by atoms with van der Waals surface area (Å²) in [4.78, 5) is 5.07. The van der Waals surface area contributed by atoms with Crippen molar-refractivity contribution in [2.75, 3.05) is 40.3 Å². The van der Waals surface area contributed by atoms with Gasteiger partial charge in [0.25, 0.3) is 0 Å². The maximum Gasteiger partial charge on any atom is 0.0109 e. The fraction of sp³-hybridized carbons (Fsp3) is 0.935. The average molecular weight is 465 g/mol. The molecule has 0 bridgehead atoms. The molecule has 198 valence electrons. The van der Waals surface area contributed by atoms with Crippen LogP contribution in [-0.2, 0) is 0 Å². The van der Waals surface area contributed by atoms with Crippen molar-refractivity contribution in [3.05, 3.63) is 12.2 Å². The Morgan fingerprint density at radius 1 is 0.394 bits per heavy atom. The van der Waals surface area contributed by atoms with E-state index in [0.717, 1.165) is 0 Å². The average Bonchev–Trinajstić information content (AvgIpc) is 2.81. The minimum atomic E-state index is 1.20. The first-order chi connectivity index (χ1) is 16.2. The second-order valence-electron chi connectivity index (χ2n) is 10.7. The normalized spacial score (nSPS) is 12.1. The minimum absolute atomic E-state index is 1.20. The quantitative estimate of drug-likeness (QED) is 0.0881. The van der Waals surface area contributed by atoms with Crippen molar-refractivity contribution in [3.63, 3.8) is 0 Å².